The number of rotatable bonds is 6. The molecule has 7 heteroatoms. The Bertz CT molecular complexity index is 822. The van der Waals surface area contributed by atoms with Crippen LogP contribution < -0.4 is 9.47 Å². The predicted molar refractivity (Wildman–Crippen MR) is 98.2 cm³/mol. The Hall–Kier alpha value is -2.56. The van der Waals surface area contributed by atoms with Gasteiger partial charge in [0.25, 0.3) is 0 Å². The smallest absolute Gasteiger partial charge is 0.454 e. The molecule has 1 fully saturated rings. The molecule has 0 radical (unpaired) electrons. The third kappa shape index (κ3) is 3.67. The third-order valence-electron chi connectivity index (χ3n) is 4.34. The first-order valence-electron chi connectivity index (χ1n) is 8.68. The first kappa shape index (κ1) is 18.2. The van der Waals surface area contributed by atoms with Crippen LogP contribution in [0.2, 0.25) is 6.32 Å². The molecule has 1 N–H and O–H groups in total. The van der Waals surface area contributed by atoms with Crippen molar-refractivity contribution in [1.82, 2.24) is 4.98 Å². The summed E-state index contributed by atoms with van der Waals surface area (Å²) in [5, 5.41) is 19.3. The van der Waals surface area contributed by atoms with Gasteiger partial charge in [0, 0.05) is 23.8 Å². The zero-order valence-corrected chi connectivity index (χ0v) is 14.9. The van der Waals surface area contributed by atoms with Crippen molar-refractivity contribution >= 4 is 7.12 Å². The molecule has 0 unspecified atom stereocenters. The Kier molecular flexibility index (Phi) is 5.76. The molecule has 1 aliphatic rings. The van der Waals surface area contributed by atoms with Crippen LogP contribution in [0.5, 0.6) is 11.5 Å². The fourth-order valence-corrected chi connectivity index (χ4v) is 3.04. The van der Waals surface area contributed by atoms with Gasteiger partial charge < -0.3 is 19.2 Å². The van der Waals surface area contributed by atoms with Gasteiger partial charge in [-0.05, 0) is 37.0 Å². The van der Waals surface area contributed by atoms with Crippen molar-refractivity contribution in [3.8, 4) is 28.8 Å². The maximum absolute atomic E-state index is 9.73. The lowest BCUT2D eigenvalue weighted by Gasteiger charge is -2.15. The molecule has 6 nitrogen and oxygen atoms in total. The number of methoxy groups -OCH3 is 1. The SMILES string of the molecule is CCCOc1c(OC)ccc(-c2cccc([C@@H]3COB(O)C3)n2)c1C#N. The maximum atomic E-state index is 9.73. The van der Waals surface area contributed by atoms with E-state index in [1.807, 2.05) is 31.2 Å². The minimum atomic E-state index is -0.741. The van der Waals surface area contributed by atoms with E-state index >= 15 is 0 Å². The van der Waals surface area contributed by atoms with Crippen LogP contribution in [-0.4, -0.2) is 37.4 Å². The lowest BCUT2D eigenvalue weighted by Crippen LogP contribution is -2.08. The molecule has 2 aromatic rings. The van der Waals surface area contributed by atoms with E-state index in [2.05, 4.69) is 6.07 Å². The van der Waals surface area contributed by atoms with Crippen LogP contribution in [-0.2, 0) is 4.65 Å². The molecule has 1 aliphatic heterocycles. The maximum Gasteiger partial charge on any atom is 0.454 e. The average Bonchev–Trinajstić information content (AvgIpc) is 3.12. The van der Waals surface area contributed by atoms with Gasteiger partial charge in [-0.3, -0.25) is 4.98 Å². The predicted octanol–water partition coefficient (Wildman–Crippen LogP) is 3.01. The highest BCUT2D eigenvalue weighted by atomic mass is 16.5. The number of benzene rings is 1. The van der Waals surface area contributed by atoms with Crippen molar-refractivity contribution in [2.45, 2.75) is 25.6 Å². The van der Waals surface area contributed by atoms with Crippen LogP contribution in [0.15, 0.2) is 30.3 Å². The molecule has 0 amide bonds. The van der Waals surface area contributed by atoms with E-state index in [-0.39, 0.29) is 5.92 Å². The first-order valence-corrected chi connectivity index (χ1v) is 8.68. The molecule has 0 saturated carbocycles. The molecule has 1 aromatic heterocycles. The lowest BCUT2D eigenvalue weighted by atomic mass is 9.81. The molecule has 1 atom stereocenters. The number of ether oxygens (including phenoxy) is 2. The zero-order chi connectivity index (χ0) is 18.5. The summed E-state index contributed by atoms with van der Waals surface area (Å²) in [6.45, 7) is 2.95. The van der Waals surface area contributed by atoms with Gasteiger partial charge in [-0.1, -0.05) is 13.0 Å². The lowest BCUT2D eigenvalue weighted by molar-refractivity contribution is 0.291. The van der Waals surface area contributed by atoms with E-state index < -0.39 is 7.12 Å². The molecular weight excluding hydrogens is 331 g/mol. The van der Waals surface area contributed by atoms with Gasteiger partial charge in [-0.15, -0.1) is 0 Å². The summed E-state index contributed by atoms with van der Waals surface area (Å²) in [7, 11) is 0.814. The average molecular weight is 352 g/mol. The number of hydrogen-bond acceptors (Lipinski definition) is 6. The third-order valence-corrected chi connectivity index (χ3v) is 4.34. The second-order valence-corrected chi connectivity index (χ2v) is 6.15. The Morgan fingerprint density at radius 1 is 1.38 bits per heavy atom. The van der Waals surface area contributed by atoms with Gasteiger partial charge in [0.05, 0.1) is 19.4 Å². The van der Waals surface area contributed by atoms with Crippen LogP contribution in [0.1, 0.15) is 30.5 Å². The number of hydrogen-bond donors (Lipinski definition) is 1. The van der Waals surface area contributed by atoms with Crippen LogP contribution >= 0.6 is 0 Å². The van der Waals surface area contributed by atoms with Gasteiger partial charge in [0.15, 0.2) is 11.5 Å². The van der Waals surface area contributed by atoms with Crippen LogP contribution in [0.4, 0.5) is 0 Å². The van der Waals surface area contributed by atoms with E-state index in [0.717, 1.165) is 12.1 Å². The minimum Gasteiger partial charge on any atom is -0.493 e. The van der Waals surface area contributed by atoms with E-state index in [9.17, 15) is 10.3 Å². The quantitative estimate of drug-likeness (QED) is 0.805. The zero-order valence-electron chi connectivity index (χ0n) is 14.9. The molecule has 1 aromatic carbocycles. The topological polar surface area (TPSA) is 84.6 Å². The summed E-state index contributed by atoms with van der Waals surface area (Å²) in [6, 6.07) is 11.5. The van der Waals surface area contributed by atoms with Crippen molar-refractivity contribution in [1.29, 1.82) is 5.26 Å². The van der Waals surface area contributed by atoms with Crippen molar-refractivity contribution in [3.05, 3.63) is 41.6 Å². The molecule has 3 rings (SSSR count). The fourth-order valence-electron chi connectivity index (χ4n) is 3.04. The van der Waals surface area contributed by atoms with Crippen LogP contribution in [0, 0.1) is 11.3 Å². The largest absolute Gasteiger partial charge is 0.493 e. The molecule has 2 heterocycles. The Morgan fingerprint density at radius 3 is 2.88 bits per heavy atom. The van der Waals surface area contributed by atoms with Gasteiger partial charge in [0.2, 0.25) is 0 Å². The van der Waals surface area contributed by atoms with Crippen molar-refractivity contribution < 1.29 is 19.2 Å². The normalized spacial score (nSPS) is 16.4. The van der Waals surface area contributed by atoms with Crippen LogP contribution in [0.3, 0.4) is 0 Å². The van der Waals surface area contributed by atoms with E-state index in [0.29, 0.717) is 47.9 Å². The second-order valence-electron chi connectivity index (χ2n) is 6.15. The van der Waals surface area contributed by atoms with E-state index in [4.69, 9.17) is 19.1 Å². The summed E-state index contributed by atoms with van der Waals surface area (Å²) in [5.41, 5.74) is 2.63. The number of nitriles is 1. The highest BCUT2D eigenvalue weighted by Gasteiger charge is 2.30. The van der Waals surface area contributed by atoms with Gasteiger partial charge in [-0.25, -0.2) is 0 Å². The highest BCUT2D eigenvalue weighted by molar-refractivity contribution is 6.43. The number of pyridine rings is 1. The molecule has 26 heavy (non-hydrogen) atoms. The van der Waals surface area contributed by atoms with Crippen molar-refractivity contribution in [2.24, 2.45) is 0 Å². The van der Waals surface area contributed by atoms with Crippen LogP contribution in [0.25, 0.3) is 11.3 Å². The first-order chi connectivity index (χ1) is 12.7. The second kappa shape index (κ2) is 8.22. The molecule has 0 aliphatic carbocycles. The molecule has 0 spiro atoms. The Labute approximate surface area is 153 Å². The van der Waals surface area contributed by atoms with Gasteiger partial charge in [0.1, 0.15) is 11.6 Å². The summed E-state index contributed by atoms with van der Waals surface area (Å²) in [6.07, 6.45) is 1.35. The van der Waals surface area contributed by atoms with Crippen molar-refractivity contribution in [3.63, 3.8) is 0 Å². The fraction of sp³-hybridized carbons (Fsp3) is 0.368. The van der Waals surface area contributed by atoms with Gasteiger partial charge in [-0.2, -0.15) is 5.26 Å². The number of aromatic nitrogens is 1. The summed E-state index contributed by atoms with van der Waals surface area (Å²) in [5.74, 6) is 1.02. The number of nitrogens with zero attached hydrogens (tertiary/aromatic N) is 2. The molecule has 0 bridgehead atoms. The summed E-state index contributed by atoms with van der Waals surface area (Å²) < 4.78 is 16.4. The van der Waals surface area contributed by atoms with E-state index in [1.165, 1.54) is 0 Å². The Balaban J connectivity index is 2.02. The summed E-state index contributed by atoms with van der Waals surface area (Å²) >= 11 is 0. The highest BCUT2D eigenvalue weighted by Crippen LogP contribution is 2.38. The minimum absolute atomic E-state index is 0.0459. The van der Waals surface area contributed by atoms with Crippen molar-refractivity contribution in [2.75, 3.05) is 20.3 Å². The molecule has 1 saturated heterocycles. The van der Waals surface area contributed by atoms with Gasteiger partial charge >= 0.3 is 7.12 Å². The molecule has 134 valence electrons. The summed E-state index contributed by atoms with van der Waals surface area (Å²) in [4.78, 5) is 4.71. The standard InChI is InChI=1S/C19H21BN2O4/c1-3-9-25-19-15(11-21)14(7-8-18(19)24-2)17-6-4-5-16(22-17)13-10-20(23)26-12-13/h4-8,13,23H,3,9-10,12H2,1-2H3/t13-/m0/s1. The molecular formula is C19H21BN2O4. The Morgan fingerprint density at radius 2 is 2.23 bits per heavy atom. The monoisotopic (exact) mass is 352 g/mol. The van der Waals surface area contributed by atoms with E-state index in [1.54, 1.807) is 13.2 Å².